The SMILES string of the molecule is COc1ccc(C(=O)Nc2cccc(SCC(=O)c3ccc4c(c3)OCO4)c2)cc1. The molecule has 6 nitrogen and oxygen atoms in total. The number of nitrogens with one attached hydrogen (secondary N) is 1. The van der Waals surface area contributed by atoms with Crippen LogP contribution in [0.2, 0.25) is 0 Å². The number of fused-ring (bicyclic) bond motifs is 1. The number of ketones is 1. The fourth-order valence-electron chi connectivity index (χ4n) is 2.91. The molecular weight excluding hydrogens is 402 g/mol. The minimum absolute atomic E-state index is 0.00836. The van der Waals surface area contributed by atoms with E-state index in [9.17, 15) is 9.59 Å². The molecule has 30 heavy (non-hydrogen) atoms. The Morgan fingerprint density at radius 2 is 1.73 bits per heavy atom. The van der Waals surface area contributed by atoms with Crippen molar-refractivity contribution < 1.29 is 23.8 Å². The quantitative estimate of drug-likeness (QED) is 0.442. The first-order valence-corrected chi connectivity index (χ1v) is 10.2. The Bertz CT molecular complexity index is 1080. The lowest BCUT2D eigenvalue weighted by molar-refractivity contribution is 0.101. The maximum absolute atomic E-state index is 12.5. The number of Topliss-reactive ketones (excluding diaryl/α,β-unsaturated/α-hetero) is 1. The van der Waals surface area contributed by atoms with Crippen LogP contribution in [0.15, 0.2) is 71.6 Å². The number of benzene rings is 3. The fraction of sp³-hybridized carbons (Fsp3) is 0.130. The van der Waals surface area contributed by atoms with Crippen molar-refractivity contribution in [1.82, 2.24) is 0 Å². The zero-order chi connectivity index (χ0) is 20.9. The maximum Gasteiger partial charge on any atom is 0.255 e. The molecule has 1 aliphatic rings. The number of hydrogen-bond acceptors (Lipinski definition) is 6. The first-order chi connectivity index (χ1) is 14.6. The summed E-state index contributed by atoms with van der Waals surface area (Å²) in [6.45, 7) is 0.177. The van der Waals surface area contributed by atoms with E-state index in [1.54, 1.807) is 49.6 Å². The van der Waals surface area contributed by atoms with Crippen LogP contribution in [0.1, 0.15) is 20.7 Å². The number of carbonyl (C=O) groups is 2. The van der Waals surface area contributed by atoms with Crippen LogP contribution >= 0.6 is 11.8 Å². The summed E-state index contributed by atoms with van der Waals surface area (Å²) < 4.78 is 15.7. The molecule has 152 valence electrons. The second-order valence-corrected chi connectivity index (χ2v) is 7.54. The molecule has 4 rings (SSSR count). The van der Waals surface area contributed by atoms with Crippen molar-refractivity contribution >= 4 is 29.1 Å². The van der Waals surface area contributed by atoms with Gasteiger partial charge >= 0.3 is 0 Å². The summed E-state index contributed by atoms with van der Waals surface area (Å²) in [5, 5.41) is 2.88. The van der Waals surface area contributed by atoms with Crippen molar-refractivity contribution in [1.29, 1.82) is 0 Å². The van der Waals surface area contributed by atoms with Crippen LogP contribution in [0, 0.1) is 0 Å². The zero-order valence-electron chi connectivity index (χ0n) is 16.2. The fourth-order valence-corrected chi connectivity index (χ4v) is 3.76. The van der Waals surface area contributed by atoms with Gasteiger partial charge in [0.1, 0.15) is 5.75 Å². The number of amides is 1. The molecule has 0 atom stereocenters. The summed E-state index contributed by atoms with van der Waals surface area (Å²) >= 11 is 1.41. The van der Waals surface area contributed by atoms with Gasteiger partial charge < -0.3 is 19.5 Å². The van der Waals surface area contributed by atoms with Crippen molar-refractivity contribution in [3.05, 3.63) is 77.9 Å². The Morgan fingerprint density at radius 1 is 0.967 bits per heavy atom. The summed E-state index contributed by atoms with van der Waals surface area (Å²) in [5.41, 5.74) is 1.78. The zero-order valence-corrected chi connectivity index (χ0v) is 17.0. The number of thioether (sulfide) groups is 1. The molecule has 0 unspecified atom stereocenters. The van der Waals surface area contributed by atoms with Crippen LogP contribution in [-0.2, 0) is 0 Å². The van der Waals surface area contributed by atoms with Crippen LogP contribution in [0.4, 0.5) is 5.69 Å². The standard InChI is InChI=1S/C23H19NO5S/c1-27-18-8-5-15(6-9-18)23(26)24-17-3-2-4-19(12-17)30-13-20(25)16-7-10-21-22(11-16)29-14-28-21/h2-12H,13-14H2,1H3,(H,24,26). The van der Waals surface area contributed by atoms with E-state index in [0.717, 1.165) is 4.90 Å². The monoisotopic (exact) mass is 421 g/mol. The lowest BCUT2D eigenvalue weighted by Crippen LogP contribution is -2.11. The Balaban J connectivity index is 1.37. The van der Waals surface area contributed by atoms with Crippen molar-refractivity contribution in [2.75, 3.05) is 25.0 Å². The van der Waals surface area contributed by atoms with Crippen LogP contribution in [0.3, 0.4) is 0 Å². The molecule has 7 heteroatoms. The number of carbonyl (C=O) groups excluding carboxylic acids is 2. The summed E-state index contributed by atoms with van der Waals surface area (Å²) in [5.74, 6) is 1.99. The lowest BCUT2D eigenvalue weighted by Gasteiger charge is -2.08. The number of rotatable bonds is 7. The second kappa shape index (κ2) is 8.92. The van der Waals surface area contributed by atoms with Gasteiger partial charge in [-0.15, -0.1) is 11.8 Å². The molecule has 0 spiro atoms. The Morgan fingerprint density at radius 3 is 2.53 bits per heavy atom. The van der Waals surface area contributed by atoms with Crippen LogP contribution in [0.25, 0.3) is 0 Å². The largest absolute Gasteiger partial charge is 0.497 e. The molecule has 3 aromatic carbocycles. The average molecular weight is 421 g/mol. The topological polar surface area (TPSA) is 73.9 Å². The van der Waals surface area contributed by atoms with Gasteiger partial charge in [0, 0.05) is 21.7 Å². The molecule has 0 saturated carbocycles. The van der Waals surface area contributed by atoms with Crippen molar-refractivity contribution in [3.8, 4) is 17.2 Å². The van der Waals surface area contributed by atoms with Crippen LogP contribution < -0.4 is 19.5 Å². The van der Waals surface area contributed by atoms with E-state index < -0.39 is 0 Å². The first-order valence-electron chi connectivity index (χ1n) is 9.23. The first kappa shape index (κ1) is 19.8. The smallest absolute Gasteiger partial charge is 0.255 e. The highest BCUT2D eigenvalue weighted by Crippen LogP contribution is 2.33. The van der Waals surface area contributed by atoms with Gasteiger partial charge in [0.05, 0.1) is 12.9 Å². The molecule has 0 fully saturated rings. The Labute approximate surface area is 178 Å². The number of methoxy groups -OCH3 is 1. The predicted octanol–water partition coefficient (Wildman–Crippen LogP) is 4.65. The molecule has 0 aliphatic carbocycles. The van der Waals surface area contributed by atoms with Gasteiger partial charge in [-0.1, -0.05) is 6.07 Å². The maximum atomic E-state index is 12.5. The molecule has 3 aromatic rings. The predicted molar refractivity (Wildman–Crippen MR) is 115 cm³/mol. The third-order valence-corrected chi connectivity index (χ3v) is 5.50. The Hall–Kier alpha value is -3.45. The van der Waals surface area contributed by atoms with Gasteiger partial charge in [-0.05, 0) is 60.7 Å². The Kier molecular flexibility index (Phi) is 5.90. The number of anilines is 1. The molecule has 1 heterocycles. The van der Waals surface area contributed by atoms with Gasteiger partial charge in [0.2, 0.25) is 6.79 Å². The van der Waals surface area contributed by atoms with E-state index in [0.29, 0.717) is 34.1 Å². The minimum atomic E-state index is -0.212. The number of hydrogen-bond donors (Lipinski definition) is 1. The van der Waals surface area contributed by atoms with Crippen molar-refractivity contribution in [2.45, 2.75) is 4.90 Å². The highest BCUT2D eigenvalue weighted by molar-refractivity contribution is 8.00. The van der Waals surface area contributed by atoms with E-state index in [1.807, 2.05) is 24.3 Å². The molecule has 0 saturated heterocycles. The normalized spacial score (nSPS) is 11.8. The third kappa shape index (κ3) is 4.58. The molecule has 0 bridgehead atoms. The van der Waals surface area contributed by atoms with Crippen molar-refractivity contribution in [3.63, 3.8) is 0 Å². The van der Waals surface area contributed by atoms with Crippen LogP contribution in [-0.4, -0.2) is 31.3 Å². The third-order valence-electron chi connectivity index (χ3n) is 4.51. The lowest BCUT2D eigenvalue weighted by atomic mass is 10.1. The minimum Gasteiger partial charge on any atom is -0.497 e. The van der Waals surface area contributed by atoms with Crippen LogP contribution in [0.5, 0.6) is 17.2 Å². The van der Waals surface area contributed by atoms with Gasteiger partial charge in [-0.25, -0.2) is 0 Å². The van der Waals surface area contributed by atoms with Gasteiger partial charge in [0.25, 0.3) is 5.91 Å². The molecule has 0 aromatic heterocycles. The van der Waals surface area contributed by atoms with E-state index in [4.69, 9.17) is 14.2 Å². The highest BCUT2D eigenvalue weighted by atomic mass is 32.2. The van der Waals surface area contributed by atoms with E-state index in [2.05, 4.69) is 5.32 Å². The van der Waals surface area contributed by atoms with E-state index >= 15 is 0 Å². The van der Waals surface area contributed by atoms with E-state index in [-0.39, 0.29) is 24.2 Å². The molecule has 0 radical (unpaired) electrons. The van der Waals surface area contributed by atoms with E-state index in [1.165, 1.54) is 11.8 Å². The molecular formula is C23H19NO5S. The average Bonchev–Trinajstić information content (AvgIpc) is 3.25. The summed E-state index contributed by atoms with van der Waals surface area (Å²) in [6.07, 6.45) is 0. The molecule has 1 N–H and O–H groups in total. The van der Waals surface area contributed by atoms with Crippen molar-refractivity contribution in [2.24, 2.45) is 0 Å². The summed E-state index contributed by atoms with van der Waals surface area (Å²) in [6, 6.07) is 19.5. The van der Waals surface area contributed by atoms with Gasteiger partial charge in [0.15, 0.2) is 17.3 Å². The number of ether oxygens (including phenoxy) is 3. The summed E-state index contributed by atoms with van der Waals surface area (Å²) in [4.78, 5) is 25.8. The molecule has 1 aliphatic heterocycles. The summed E-state index contributed by atoms with van der Waals surface area (Å²) in [7, 11) is 1.58. The highest BCUT2D eigenvalue weighted by Gasteiger charge is 2.16. The van der Waals surface area contributed by atoms with Gasteiger partial charge in [-0.3, -0.25) is 9.59 Å². The van der Waals surface area contributed by atoms with Gasteiger partial charge in [-0.2, -0.15) is 0 Å². The molecule has 1 amide bonds. The second-order valence-electron chi connectivity index (χ2n) is 6.49.